The van der Waals surface area contributed by atoms with E-state index in [2.05, 4.69) is 0 Å². The summed E-state index contributed by atoms with van der Waals surface area (Å²) in [6, 6.07) is 16.7. The maximum atomic E-state index is 17.1. The molecule has 6 rings (SSSR count). The van der Waals surface area contributed by atoms with E-state index in [0.717, 1.165) is 32.6 Å². The molecule has 0 saturated carbocycles. The Labute approximate surface area is 281 Å². The van der Waals surface area contributed by atoms with Crippen LogP contribution >= 0.6 is 0 Å². The molecule has 2 aliphatic carbocycles. The average molecular weight is 705 g/mol. The zero-order chi connectivity index (χ0) is 33.3. The third kappa shape index (κ3) is 6.08. The minimum absolute atomic E-state index is 0.0994. The van der Waals surface area contributed by atoms with E-state index in [1.165, 1.54) is 24.3 Å². The molecule has 0 fully saturated rings. The molecule has 4 aromatic rings. The number of allylic oxidation sites excluding steroid dienone is 8. The van der Waals surface area contributed by atoms with Gasteiger partial charge in [-0.1, -0.05) is 0 Å². The van der Waals surface area contributed by atoms with E-state index < -0.39 is 59.4 Å². The van der Waals surface area contributed by atoms with Crippen LogP contribution in [0, 0.1) is 51.0 Å². The van der Waals surface area contributed by atoms with Crippen molar-refractivity contribution < 1.29 is 43.0 Å². The van der Waals surface area contributed by atoms with Crippen molar-refractivity contribution in [3.05, 3.63) is 150 Å². The molecule has 9 heteroatoms. The summed E-state index contributed by atoms with van der Waals surface area (Å²) in [5, 5.41) is 2.01. The number of rotatable bonds is 10. The van der Waals surface area contributed by atoms with Crippen LogP contribution < -0.4 is 27.0 Å². The van der Waals surface area contributed by atoms with Crippen LogP contribution in [0.4, 0.5) is 17.6 Å². The van der Waals surface area contributed by atoms with Crippen molar-refractivity contribution in [1.29, 1.82) is 0 Å². The van der Waals surface area contributed by atoms with Gasteiger partial charge in [0.1, 0.15) is 0 Å². The van der Waals surface area contributed by atoms with Crippen molar-refractivity contribution in [3.63, 3.8) is 0 Å². The Kier molecular flexibility index (Phi) is 9.76. The Balaban J connectivity index is 1.53. The summed E-state index contributed by atoms with van der Waals surface area (Å²) in [5.74, 6) is -3.65. The topological polar surface area (TPSA) is 18.5 Å². The van der Waals surface area contributed by atoms with Gasteiger partial charge in [0.15, 0.2) is 0 Å². The number of halogens is 4. The van der Waals surface area contributed by atoms with Crippen molar-refractivity contribution in [2.45, 2.75) is 40.5 Å². The summed E-state index contributed by atoms with van der Waals surface area (Å²) in [5.41, 5.74) is 4.35. The first-order chi connectivity index (χ1) is 22.6. The van der Waals surface area contributed by atoms with Crippen LogP contribution in [0.25, 0.3) is 0 Å². The molecule has 0 bridgehead atoms. The fourth-order valence-electron chi connectivity index (χ4n) is 6.65. The molecule has 4 aromatic carbocycles. The molecule has 0 spiro atoms. The second-order valence-corrected chi connectivity index (χ2v) is 20.8. The van der Waals surface area contributed by atoms with Gasteiger partial charge >= 0.3 is 283 Å². The molecule has 240 valence electrons. The first kappa shape index (κ1) is 33.2. The van der Waals surface area contributed by atoms with E-state index in [4.69, 9.17) is 8.85 Å². The third-order valence-electron chi connectivity index (χ3n) is 9.57. The van der Waals surface area contributed by atoms with Gasteiger partial charge in [0, 0.05) is 0 Å². The summed E-state index contributed by atoms with van der Waals surface area (Å²) in [4.78, 5) is 0. The monoisotopic (exact) mass is 704 g/mol. The summed E-state index contributed by atoms with van der Waals surface area (Å²) >= 11 is -5.00. The Morgan fingerprint density at radius 1 is 0.574 bits per heavy atom. The number of aryl methyl sites for hydroxylation is 2. The van der Waals surface area contributed by atoms with Crippen LogP contribution in [-0.4, -0.2) is 19.5 Å². The summed E-state index contributed by atoms with van der Waals surface area (Å²) in [6.45, 7) is 8.00. The van der Waals surface area contributed by atoms with E-state index in [1.54, 1.807) is 24.3 Å². The third-order valence-corrected chi connectivity index (χ3v) is 20.6. The van der Waals surface area contributed by atoms with Crippen molar-refractivity contribution in [2.24, 2.45) is 0 Å². The van der Waals surface area contributed by atoms with Gasteiger partial charge in [-0.05, 0) is 0 Å². The Hall–Kier alpha value is -3.69. The van der Waals surface area contributed by atoms with Crippen LogP contribution in [-0.2, 0) is 16.6 Å². The van der Waals surface area contributed by atoms with Crippen LogP contribution in [0.15, 0.2) is 105 Å². The fraction of sp³-hybridized carbons (Fsp3) is 0.158. The van der Waals surface area contributed by atoms with Gasteiger partial charge in [0.2, 0.25) is 0 Å². The molecule has 0 atom stereocenters. The van der Waals surface area contributed by atoms with Crippen LogP contribution in [0.2, 0.25) is 0 Å². The predicted molar refractivity (Wildman–Crippen MR) is 185 cm³/mol. The molecule has 0 unspecified atom stereocenters. The van der Waals surface area contributed by atoms with Gasteiger partial charge in [-0.3, -0.25) is 0 Å². The zero-order valence-corrected chi connectivity index (χ0v) is 31.3. The summed E-state index contributed by atoms with van der Waals surface area (Å²) in [6.07, 6.45) is 11.6. The minimum atomic E-state index is -5.00. The van der Waals surface area contributed by atoms with Crippen molar-refractivity contribution in [3.8, 4) is 11.5 Å². The molecule has 2 aliphatic rings. The summed E-state index contributed by atoms with van der Waals surface area (Å²) < 4.78 is 80.0. The molecule has 0 radical (unpaired) electrons. The zero-order valence-electron chi connectivity index (χ0n) is 26.9. The van der Waals surface area contributed by atoms with E-state index in [0.29, 0.717) is 20.6 Å². The van der Waals surface area contributed by atoms with Gasteiger partial charge < -0.3 is 0 Å². The molecule has 0 amide bonds. The van der Waals surface area contributed by atoms with E-state index >= 15 is 17.6 Å². The molecule has 0 N–H and O–H groups in total. The molecule has 2 nitrogen and oxygen atoms in total. The van der Waals surface area contributed by atoms with Crippen molar-refractivity contribution in [2.75, 3.05) is 0 Å². The molecule has 47 heavy (non-hydrogen) atoms. The molecule has 0 saturated heterocycles. The number of hydrogen-bond acceptors (Lipinski definition) is 2. The van der Waals surface area contributed by atoms with Gasteiger partial charge in [-0.15, -0.1) is 0 Å². The van der Waals surface area contributed by atoms with Gasteiger partial charge in [0.25, 0.3) is 0 Å². The molecule has 0 aromatic heterocycles. The second-order valence-electron chi connectivity index (χ2n) is 12.2. The molecule has 0 aliphatic heterocycles. The molecular formula is C38H36F4O2Si2Ti. The number of benzene rings is 4. The first-order valence-corrected chi connectivity index (χ1v) is 21.4. The van der Waals surface area contributed by atoms with Gasteiger partial charge in [-0.2, -0.15) is 0 Å². The van der Waals surface area contributed by atoms with Crippen LogP contribution in [0.3, 0.4) is 0 Å². The van der Waals surface area contributed by atoms with E-state index in [-0.39, 0.29) is 19.2 Å². The molecular weight excluding hydrogens is 668 g/mol. The predicted octanol–water partition coefficient (Wildman–Crippen LogP) is 5.85. The standard InChI is InChI=1S/2C14H13F2OSi.2C5H5.Ti/c2*1-9-4-3-5-14(10(9)2)18-17-13-7-6-11(15)8-12(13)16;2*1-2-4-5-3-1;/h2*3-7H,18H2,1-2H3;2*1-3H,4H2;. The van der Waals surface area contributed by atoms with Gasteiger partial charge in [0.05, 0.1) is 0 Å². The maximum absolute atomic E-state index is 17.1. The van der Waals surface area contributed by atoms with E-state index in [1.807, 2.05) is 76.2 Å². The summed E-state index contributed by atoms with van der Waals surface area (Å²) in [7, 11) is -2.94. The van der Waals surface area contributed by atoms with Crippen LogP contribution in [0.5, 0.6) is 11.5 Å². The van der Waals surface area contributed by atoms with Gasteiger partial charge in [-0.25, -0.2) is 0 Å². The normalized spacial score (nSPS) is 14.6. The average Bonchev–Trinajstić information content (AvgIpc) is 3.79. The van der Waals surface area contributed by atoms with Crippen molar-refractivity contribution >= 4 is 37.6 Å². The second kappa shape index (κ2) is 13.8. The van der Waals surface area contributed by atoms with E-state index in [9.17, 15) is 0 Å². The molecule has 0 heterocycles. The Morgan fingerprint density at radius 2 is 1.00 bits per heavy atom. The van der Waals surface area contributed by atoms with Crippen LogP contribution in [0.1, 0.15) is 35.1 Å². The fourth-order valence-corrected chi connectivity index (χ4v) is 17.4. The quantitative estimate of drug-likeness (QED) is 0.153. The van der Waals surface area contributed by atoms with Crippen molar-refractivity contribution in [1.82, 2.24) is 0 Å². The Bertz CT molecular complexity index is 1860. The SMILES string of the molecule is Cc1cccc([SiH2]Oc2ccc(F)[c]([Ti]([C]3=CC=CC3)([C]3=CC=CC3)[c]3c(F)ccc(O[SiH2]c4cccc(C)c4C)c3F)c2F)c1C. The first-order valence-electron chi connectivity index (χ1n) is 15.7. The number of hydrogen-bond donors (Lipinski definition) is 0. The Morgan fingerprint density at radius 3 is 1.38 bits per heavy atom.